The van der Waals surface area contributed by atoms with Crippen LogP contribution in [0.1, 0.15) is 24.4 Å². The lowest BCUT2D eigenvalue weighted by Crippen LogP contribution is -2.31. The first-order valence-corrected chi connectivity index (χ1v) is 5.59. The molecule has 3 N–H and O–H groups in total. The van der Waals surface area contributed by atoms with Gasteiger partial charge in [0, 0.05) is 12.1 Å². The maximum absolute atomic E-state index is 13.5. The average molecular weight is 226 g/mol. The molecule has 1 fully saturated rings. The largest absolute Gasteiger partial charge is 0.329 e. The first kappa shape index (κ1) is 11.5. The van der Waals surface area contributed by atoms with E-state index >= 15 is 0 Å². The van der Waals surface area contributed by atoms with E-state index in [2.05, 4.69) is 5.32 Å². The van der Waals surface area contributed by atoms with E-state index in [4.69, 9.17) is 5.73 Å². The van der Waals surface area contributed by atoms with Gasteiger partial charge in [-0.2, -0.15) is 0 Å². The zero-order valence-corrected chi connectivity index (χ0v) is 9.05. The van der Waals surface area contributed by atoms with Crippen LogP contribution < -0.4 is 11.1 Å². The fourth-order valence-corrected chi connectivity index (χ4v) is 1.78. The van der Waals surface area contributed by atoms with Crippen molar-refractivity contribution < 1.29 is 8.78 Å². The van der Waals surface area contributed by atoms with Gasteiger partial charge in [0.05, 0.1) is 6.04 Å². The minimum atomic E-state index is -0.529. The Morgan fingerprint density at radius 1 is 1.31 bits per heavy atom. The van der Waals surface area contributed by atoms with Gasteiger partial charge in [0.1, 0.15) is 11.6 Å². The summed E-state index contributed by atoms with van der Waals surface area (Å²) in [4.78, 5) is 0. The highest BCUT2D eigenvalue weighted by atomic mass is 19.1. The van der Waals surface area contributed by atoms with E-state index in [1.54, 1.807) is 0 Å². The zero-order valence-electron chi connectivity index (χ0n) is 9.05. The van der Waals surface area contributed by atoms with Crippen LogP contribution in [0, 0.1) is 17.6 Å². The molecule has 0 aromatic heterocycles. The number of rotatable bonds is 5. The van der Waals surface area contributed by atoms with Gasteiger partial charge in [-0.05, 0) is 37.4 Å². The Kier molecular flexibility index (Phi) is 3.51. The fourth-order valence-electron chi connectivity index (χ4n) is 1.78. The van der Waals surface area contributed by atoms with E-state index in [-0.39, 0.29) is 12.1 Å². The van der Waals surface area contributed by atoms with Gasteiger partial charge in [-0.15, -0.1) is 0 Å². The normalized spacial score (nSPS) is 17.4. The molecule has 2 rings (SSSR count). The monoisotopic (exact) mass is 226 g/mol. The molecule has 1 aromatic carbocycles. The molecule has 0 amide bonds. The smallest absolute Gasteiger partial charge is 0.130 e. The highest BCUT2D eigenvalue weighted by molar-refractivity contribution is 5.23. The van der Waals surface area contributed by atoms with Crippen LogP contribution in [0.5, 0.6) is 0 Å². The summed E-state index contributed by atoms with van der Waals surface area (Å²) in [6, 6.07) is 3.46. The lowest BCUT2D eigenvalue weighted by molar-refractivity contribution is 0.463. The van der Waals surface area contributed by atoms with Crippen LogP contribution in [0.3, 0.4) is 0 Å². The molecule has 0 saturated heterocycles. The third-order valence-corrected chi connectivity index (χ3v) is 2.93. The van der Waals surface area contributed by atoms with Crippen molar-refractivity contribution in [3.8, 4) is 0 Å². The minimum absolute atomic E-state index is 0.0608. The molecular weight excluding hydrogens is 210 g/mol. The molecule has 0 spiro atoms. The summed E-state index contributed by atoms with van der Waals surface area (Å²) in [7, 11) is 0. The highest BCUT2D eigenvalue weighted by Gasteiger charge is 2.24. The van der Waals surface area contributed by atoms with Crippen molar-refractivity contribution in [1.82, 2.24) is 5.32 Å². The van der Waals surface area contributed by atoms with E-state index in [0.717, 1.165) is 6.54 Å². The number of nitrogens with one attached hydrogen (secondary N) is 1. The third-order valence-electron chi connectivity index (χ3n) is 2.93. The summed E-state index contributed by atoms with van der Waals surface area (Å²) in [5.74, 6) is -0.402. The standard InChI is InChI=1S/C12H16F2N2/c13-9-2-1-3-10(14)12(9)11(6-15)16-7-8-4-5-8/h1-3,8,11,16H,4-7,15H2. The predicted octanol–water partition coefficient (Wildman–Crippen LogP) is 1.96. The first-order valence-electron chi connectivity index (χ1n) is 5.59. The first-order chi connectivity index (χ1) is 7.72. The lowest BCUT2D eigenvalue weighted by Gasteiger charge is -2.18. The van der Waals surface area contributed by atoms with Crippen molar-refractivity contribution in [2.45, 2.75) is 18.9 Å². The van der Waals surface area contributed by atoms with Crippen molar-refractivity contribution in [3.63, 3.8) is 0 Å². The molecule has 88 valence electrons. The van der Waals surface area contributed by atoms with Gasteiger partial charge in [0.25, 0.3) is 0 Å². The Hall–Kier alpha value is -1.00. The van der Waals surface area contributed by atoms with E-state index in [0.29, 0.717) is 5.92 Å². The molecule has 2 nitrogen and oxygen atoms in total. The Bertz CT molecular complexity index is 344. The van der Waals surface area contributed by atoms with Crippen LogP contribution >= 0.6 is 0 Å². The van der Waals surface area contributed by atoms with Gasteiger partial charge in [0.2, 0.25) is 0 Å². The second-order valence-corrected chi connectivity index (χ2v) is 4.28. The van der Waals surface area contributed by atoms with E-state index in [1.807, 2.05) is 0 Å². The molecule has 1 atom stereocenters. The summed E-state index contributed by atoms with van der Waals surface area (Å²) in [6.07, 6.45) is 2.40. The third kappa shape index (κ3) is 2.57. The molecule has 4 heteroatoms. The Labute approximate surface area is 93.8 Å². The van der Waals surface area contributed by atoms with Crippen molar-refractivity contribution in [2.75, 3.05) is 13.1 Å². The molecule has 1 unspecified atom stereocenters. The Morgan fingerprint density at radius 3 is 2.44 bits per heavy atom. The molecule has 1 saturated carbocycles. The zero-order chi connectivity index (χ0) is 11.5. The minimum Gasteiger partial charge on any atom is -0.329 e. The summed E-state index contributed by atoms with van der Waals surface area (Å²) >= 11 is 0. The SMILES string of the molecule is NCC(NCC1CC1)c1c(F)cccc1F. The second-order valence-electron chi connectivity index (χ2n) is 4.28. The van der Waals surface area contributed by atoms with Gasteiger partial charge < -0.3 is 11.1 Å². The summed E-state index contributed by atoms with van der Waals surface area (Å²) in [5, 5.41) is 3.12. The number of hydrogen-bond donors (Lipinski definition) is 2. The maximum atomic E-state index is 13.5. The number of halogens is 2. The maximum Gasteiger partial charge on any atom is 0.130 e. The highest BCUT2D eigenvalue weighted by Crippen LogP contribution is 2.29. The predicted molar refractivity (Wildman–Crippen MR) is 58.9 cm³/mol. The molecule has 0 aliphatic heterocycles. The van der Waals surface area contributed by atoms with Crippen molar-refractivity contribution in [3.05, 3.63) is 35.4 Å². The van der Waals surface area contributed by atoms with Crippen LogP contribution in [-0.2, 0) is 0 Å². The quantitative estimate of drug-likeness (QED) is 0.805. The molecule has 1 aliphatic carbocycles. The molecule has 16 heavy (non-hydrogen) atoms. The number of hydrogen-bond acceptors (Lipinski definition) is 2. The van der Waals surface area contributed by atoms with Gasteiger partial charge in [-0.1, -0.05) is 6.07 Å². The van der Waals surface area contributed by atoms with Gasteiger partial charge in [0.15, 0.2) is 0 Å². The van der Waals surface area contributed by atoms with Crippen LogP contribution in [0.25, 0.3) is 0 Å². The van der Waals surface area contributed by atoms with Crippen LogP contribution in [0.2, 0.25) is 0 Å². The van der Waals surface area contributed by atoms with Gasteiger partial charge in [-0.3, -0.25) is 0 Å². The summed E-state index contributed by atoms with van der Waals surface area (Å²) in [5.41, 5.74) is 5.61. The lowest BCUT2D eigenvalue weighted by atomic mass is 10.1. The average Bonchev–Trinajstić information content (AvgIpc) is 3.06. The molecule has 0 heterocycles. The number of nitrogens with two attached hydrogens (primary N) is 1. The van der Waals surface area contributed by atoms with Crippen LogP contribution in [0.15, 0.2) is 18.2 Å². The second kappa shape index (κ2) is 4.89. The van der Waals surface area contributed by atoms with E-state index in [9.17, 15) is 8.78 Å². The molecular formula is C12H16F2N2. The molecule has 1 aliphatic rings. The van der Waals surface area contributed by atoms with Crippen LogP contribution in [0.4, 0.5) is 8.78 Å². The van der Waals surface area contributed by atoms with Crippen molar-refractivity contribution >= 4 is 0 Å². The Morgan fingerprint density at radius 2 is 1.94 bits per heavy atom. The Balaban J connectivity index is 2.11. The number of benzene rings is 1. The van der Waals surface area contributed by atoms with E-state index in [1.165, 1.54) is 31.0 Å². The van der Waals surface area contributed by atoms with Crippen molar-refractivity contribution in [1.29, 1.82) is 0 Å². The van der Waals surface area contributed by atoms with Gasteiger partial charge in [-0.25, -0.2) is 8.78 Å². The van der Waals surface area contributed by atoms with E-state index < -0.39 is 17.7 Å². The molecule has 1 aromatic rings. The fraction of sp³-hybridized carbons (Fsp3) is 0.500. The van der Waals surface area contributed by atoms with Crippen LogP contribution in [-0.4, -0.2) is 13.1 Å². The molecule has 0 radical (unpaired) electrons. The summed E-state index contributed by atoms with van der Waals surface area (Å²) in [6.45, 7) is 0.986. The van der Waals surface area contributed by atoms with Gasteiger partial charge >= 0.3 is 0 Å². The molecule has 0 bridgehead atoms. The van der Waals surface area contributed by atoms with Crippen molar-refractivity contribution in [2.24, 2.45) is 11.7 Å². The topological polar surface area (TPSA) is 38.0 Å². The summed E-state index contributed by atoms with van der Waals surface area (Å²) < 4.78 is 27.0.